The second-order valence-electron chi connectivity index (χ2n) is 5.62. The molecule has 2 rings (SSSR count). The lowest BCUT2D eigenvalue weighted by Crippen LogP contribution is -2.34. The standard InChI is InChI=1S/C14H19NO3/c1-14(2,3)18-13(17)15-12-7-4-9-8-10(16)5-6-11(9)12/h5-6,8,12,16H,4,7H2,1-3H3,(H,15,17). The van der Waals surface area contributed by atoms with Crippen molar-refractivity contribution in [2.24, 2.45) is 0 Å². The number of phenolic OH excluding ortho intramolecular Hbond substituents is 1. The summed E-state index contributed by atoms with van der Waals surface area (Å²) in [5.41, 5.74) is 1.68. The van der Waals surface area contributed by atoms with E-state index in [1.165, 1.54) is 0 Å². The summed E-state index contributed by atoms with van der Waals surface area (Å²) in [7, 11) is 0. The molecular formula is C14H19NO3. The molecule has 4 heteroatoms. The maximum Gasteiger partial charge on any atom is 0.408 e. The Morgan fingerprint density at radius 3 is 2.83 bits per heavy atom. The molecule has 0 aliphatic heterocycles. The Balaban J connectivity index is 2.04. The number of carbonyl (C=O) groups is 1. The van der Waals surface area contributed by atoms with Crippen LogP contribution in [0.5, 0.6) is 5.75 Å². The number of hydrogen-bond donors (Lipinski definition) is 2. The van der Waals surface area contributed by atoms with Gasteiger partial charge in [-0.1, -0.05) is 6.07 Å². The lowest BCUT2D eigenvalue weighted by molar-refractivity contribution is 0.0504. The summed E-state index contributed by atoms with van der Waals surface area (Å²) in [6.07, 6.45) is 1.32. The normalized spacial score (nSPS) is 18.3. The molecule has 1 aliphatic rings. The average Bonchev–Trinajstić information content (AvgIpc) is 2.57. The number of amides is 1. The van der Waals surface area contributed by atoms with Crippen molar-refractivity contribution in [1.29, 1.82) is 0 Å². The fourth-order valence-electron chi connectivity index (χ4n) is 2.20. The molecule has 0 aromatic heterocycles. The minimum atomic E-state index is -0.486. The maximum atomic E-state index is 11.7. The van der Waals surface area contributed by atoms with Gasteiger partial charge in [-0.25, -0.2) is 4.79 Å². The summed E-state index contributed by atoms with van der Waals surface area (Å²) in [5.74, 6) is 0.270. The van der Waals surface area contributed by atoms with Gasteiger partial charge in [0.1, 0.15) is 11.4 Å². The fourth-order valence-corrected chi connectivity index (χ4v) is 2.20. The molecule has 1 unspecified atom stereocenters. The highest BCUT2D eigenvalue weighted by atomic mass is 16.6. The number of alkyl carbamates (subject to hydrolysis) is 1. The smallest absolute Gasteiger partial charge is 0.408 e. The van der Waals surface area contributed by atoms with Gasteiger partial charge in [-0.2, -0.15) is 0 Å². The van der Waals surface area contributed by atoms with Gasteiger partial charge in [0.05, 0.1) is 6.04 Å². The number of benzene rings is 1. The van der Waals surface area contributed by atoms with Crippen molar-refractivity contribution < 1.29 is 14.6 Å². The molecule has 0 saturated heterocycles. The molecule has 1 aliphatic carbocycles. The van der Waals surface area contributed by atoms with E-state index < -0.39 is 11.7 Å². The maximum absolute atomic E-state index is 11.7. The predicted octanol–water partition coefficient (Wildman–Crippen LogP) is 2.90. The van der Waals surface area contributed by atoms with Crippen LogP contribution in [0, 0.1) is 0 Å². The lowest BCUT2D eigenvalue weighted by atomic mass is 10.1. The molecule has 18 heavy (non-hydrogen) atoms. The van der Waals surface area contributed by atoms with Gasteiger partial charge in [0, 0.05) is 0 Å². The van der Waals surface area contributed by atoms with Gasteiger partial charge in [-0.05, 0) is 56.9 Å². The van der Waals surface area contributed by atoms with Crippen LogP contribution in [0.25, 0.3) is 0 Å². The van der Waals surface area contributed by atoms with Crippen molar-refractivity contribution >= 4 is 6.09 Å². The number of nitrogens with one attached hydrogen (secondary N) is 1. The number of carbonyl (C=O) groups excluding carboxylic acids is 1. The summed E-state index contributed by atoms with van der Waals surface area (Å²) in [6, 6.07) is 5.25. The second-order valence-corrected chi connectivity index (χ2v) is 5.62. The van der Waals surface area contributed by atoms with Crippen LogP contribution < -0.4 is 5.32 Å². The second kappa shape index (κ2) is 4.52. The molecule has 0 spiro atoms. The Kier molecular flexibility index (Phi) is 3.20. The zero-order chi connectivity index (χ0) is 13.3. The van der Waals surface area contributed by atoms with E-state index in [0.29, 0.717) is 0 Å². The van der Waals surface area contributed by atoms with Crippen LogP contribution in [0.3, 0.4) is 0 Å². The van der Waals surface area contributed by atoms with Gasteiger partial charge in [-0.15, -0.1) is 0 Å². The molecular weight excluding hydrogens is 230 g/mol. The number of rotatable bonds is 1. The van der Waals surface area contributed by atoms with Crippen molar-refractivity contribution in [3.63, 3.8) is 0 Å². The van der Waals surface area contributed by atoms with Gasteiger partial charge in [0.15, 0.2) is 0 Å². The van der Waals surface area contributed by atoms with E-state index in [2.05, 4.69) is 5.32 Å². The van der Waals surface area contributed by atoms with Gasteiger partial charge in [-0.3, -0.25) is 0 Å². The highest BCUT2D eigenvalue weighted by Crippen LogP contribution is 2.33. The largest absolute Gasteiger partial charge is 0.508 e. The minimum Gasteiger partial charge on any atom is -0.508 e. The van der Waals surface area contributed by atoms with E-state index in [9.17, 15) is 9.90 Å². The highest BCUT2D eigenvalue weighted by molar-refractivity contribution is 5.68. The summed E-state index contributed by atoms with van der Waals surface area (Å²) in [4.78, 5) is 11.7. The molecule has 4 nitrogen and oxygen atoms in total. The molecule has 1 aromatic rings. The van der Waals surface area contributed by atoms with Crippen LogP contribution >= 0.6 is 0 Å². The first-order valence-electron chi connectivity index (χ1n) is 6.16. The average molecular weight is 249 g/mol. The SMILES string of the molecule is CC(C)(C)OC(=O)NC1CCc2cc(O)ccc21. The van der Waals surface area contributed by atoms with E-state index in [4.69, 9.17) is 4.74 Å². The first-order chi connectivity index (χ1) is 8.35. The lowest BCUT2D eigenvalue weighted by Gasteiger charge is -2.22. The molecule has 2 N–H and O–H groups in total. The summed E-state index contributed by atoms with van der Waals surface area (Å²) in [5, 5.41) is 12.3. The van der Waals surface area contributed by atoms with Crippen LogP contribution in [-0.4, -0.2) is 16.8 Å². The van der Waals surface area contributed by atoms with Crippen molar-refractivity contribution in [2.45, 2.75) is 45.3 Å². The molecule has 1 aromatic carbocycles. The van der Waals surface area contributed by atoms with E-state index in [1.54, 1.807) is 12.1 Å². The number of ether oxygens (including phenoxy) is 1. The summed E-state index contributed by atoms with van der Waals surface area (Å²) >= 11 is 0. The highest BCUT2D eigenvalue weighted by Gasteiger charge is 2.26. The monoisotopic (exact) mass is 249 g/mol. The van der Waals surface area contributed by atoms with Crippen LogP contribution in [0.1, 0.15) is 44.4 Å². The van der Waals surface area contributed by atoms with Crippen molar-refractivity contribution in [2.75, 3.05) is 0 Å². The van der Waals surface area contributed by atoms with Crippen LogP contribution in [0.15, 0.2) is 18.2 Å². The molecule has 0 radical (unpaired) electrons. The Bertz CT molecular complexity index is 463. The van der Waals surface area contributed by atoms with Gasteiger partial charge in [0.2, 0.25) is 0 Å². The number of phenols is 1. The summed E-state index contributed by atoms with van der Waals surface area (Å²) < 4.78 is 5.24. The van der Waals surface area contributed by atoms with Crippen LogP contribution in [0.4, 0.5) is 4.79 Å². The number of aromatic hydroxyl groups is 1. The van der Waals surface area contributed by atoms with Crippen LogP contribution in [-0.2, 0) is 11.2 Å². The molecule has 0 saturated carbocycles. The van der Waals surface area contributed by atoms with E-state index in [1.807, 2.05) is 26.8 Å². The van der Waals surface area contributed by atoms with E-state index in [0.717, 1.165) is 24.0 Å². The third-order valence-corrected chi connectivity index (χ3v) is 2.90. The predicted molar refractivity (Wildman–Crippen MR) is 68.5 cm³/mol. The Labute approximate surface area is 107 Å². The van der Waals surface area contributed by atoms with E-state index >= 15 is 0 Å². The van der Waals surface area contributed by atoms with Gasteiger partial charge < -0.3 is 15.2 Å². The quantitative estimate of drug-likeness (QED) is 0.804. The molecule has 1 atom stereocenters. The number of hydrogen-bond acceptors (Lipinski definition) is 3. The zero-order valence-corrected chi connectivity index (χ0v) is 11.0. The third-order valence-electron chi connectivity index (χ3n) is 2.90. The van der Waals surface area contributed by atoms with Gasteiger partial charge in [0.25, 0.3) is 0 Å². The minimum absolute atomic E-state index is 0.0181. The summed E-state index contributed by atoms with van der Waals surface area (Å²) in [6.45, 7) is 5.52. The Morgan fingerprint density at radius 1 is 1.44 bits per heavy atom. The molecule has 1 amide bonds. The fraction of sp³-hybridized carbons (Fsp3) is 0.500. The van der Waals surface area contributed by atoms with Crippen LogP contribution in [0.2, 0.25) is 0 Å². The number of fused-ring (bicyclic) bond motifs is 1. The van der Waals surface area contributed by atoms with E-state index in [-0.39, 0.29) is 11.8 Å². The van der Waals surface area contributed by atoms with Crippen molar-refractivity contribution in [3.8, 4) is 5.75 Å². The number of aryl methyl sites for hydroxylation is 1. The third kappa shape index (κ3) is 2.94. The molecule has 98 valence electrons. The molecule has 0 fully saturated rings. The molecule has 0 bridgehead atoms. The van der Waals surface area contributed by atoms with Gasteiger partial charge >= 0.3 is 6.09 Å². The van der Waals surface area contributed by atoms with Crippen molar-refractivity contribution in [3.05, 3.63) is 29.3 Å². The first kappa shape index (κ1) is 12.7. The topological polar surface area (TPSA) is 58.6 Å². The zero-order valence-electron chi connectivity index (χ0n) is 11.0. The molecule has 0 heterocycles. The first-order valence-corrected chi connectivity index (χ1v) is 6.16. The van der Waals surface area contributed by atoms with Crippen molar-refractivity contribution in [1.82, 2.24) is 5.32 Å². The Morgan fingerprint density at radius 2 is 2.17 bits per heavy atom. The Hall–Kier alpha value is -1.71.